The molecular formula is C22H31N5O3S2. The molecule has 0 spiro atoms. The lowest BCUT2D eigenvalue weighted by atomic mass is 9.98. The Labute approximate surface area is 194 Å². The summed E-state index contributed by atoms with van der Waals surface area (Å²) < 4.78 is 27.6. The van der Waals surface area contributed by atoms with Gasteiger partial charge in [0.05, 0.1) is 10.5 Å². The highest BCUT2D eigenvalue weighted by atomic mass is 32.2. The van der Waals surface area contributed by atoms with E-state index in [0.717, 1.165) is 49.5 Å². The Balaban J connectivity index is 1.67. The third-order valence-electron chi connectivity index (χ3n) is 6.27. The van der Waals surface area contributed by atoms with E-state index in [1.54, 1.807) is 12.1 Å². The number of hydrogen-bond acceptors (Lipinski definition) is 7. The van der Waals surface area contributed by atoms with Crippen molar-refractivity contribution in [1.29, 1.82) is 0 Å². The summed E-state index contributed by atoms with van der Waals surface area (Å²) in [7, 11) is -3.68. The van der Waals surface area contributed by atoms with E-state index in [4.69, 9.17) is 0 Å². The summed E-state index contributed by atoms with van der Waals surface area (Å²) in [6.45, 7) is 8.29. The van der Waals surface area contributed by atoms with E-state index in [2.05, 4.69) is 27.3 Å². The zero-order valence-corrected chi connectivity index (χ0v) is 20.5. The number of sulfonamides is 1. The van der Waals surface area contributed by atoms with Gasteiger partial charge in [-0.3, -0.25) is 10.1 Å². The molecule has 2 heterocycles. The van der Waals surface area contributed by atoms with E-state index in [0.29, 0.717) is 35.6 Å². The lowest BCUT2D eigenvalue weighted by Crippen LogP contribution is -2.35. The molecule has 2 aromatic rings. The second-order valence-corrected chi connectivity index (χ2v) is 11.6. The number of amides is 1. The summed E-state index contributed by atoms with van der Waals surface area (Å²) in [6.07, 6.45) is 4.32. The molecule has 1 aromatic heterocycles. The number of benzene rings is 1. The van der Waals surface area contributed by atoms with Crippen molar-refractivity contribution in [2.75, 3.05) is 36.4 Å². The molecule has 1 aromatic carbocycles. The van der Waals surface area contributed by atoms with Crippen molar-refractivity contribution in [3.8, 4) is 0 Å². The maximum absolute atomic E-state index is 13.3. The van der Waals surface area contributed by atoms with Gasteiger partial charge >= 0.3 is 0 Å². The van der Waals surface area contributed by atoms with Crippen LogP contribution in [0.4, 0.5) is 10.8 Å². The number of carbonyl (C=O) groups is 1. The molecule has 174 valence electrons. The highest BCUT2D eigenvalue weighted by Crippen LogP contribution is 2.42. The first-order valence-electron chi connectivity index (χ1n) is 11.4. The molecule has 2 aliphatic rings. The van der Waals surface area contributed by atoms with Crippen LogP contribution < -0.4 is 10.2 Å². The Kier molecular flexibility index (Phi) is 6.83. The summed E-state index contributed by atoms with van der Waals surface area (Å²) in [6, 6.07) is 4.91. The molecule has 4 rings (SSSR count). The zero-order chi connectivity index (χ0) is 22.9. The lowest BCUT2D eigenvalue weighted by Gasteiger charge is -2.33. The molecule has 10 heteroatoms. The minimum absolute atomic E-state index is 0.136. The Bertz CT molecular complexity index is 1070. The molecule has 1 amide bonds. The summed E-state index contributed by atoms with van der Waals surface area (Å²) >= 11 is 1.40. The zero-order valence-electron chi connectivity index (χ0n) is 18.9. The maximum Gasteiger partial charge on any atom is 0.259 e. The van der Waals surface area contributed by atoms with Gasteiger partial charge in [-0.25, -0.2) is 8.42 Å². The van der Waals surface area contributed by atoms with E-state index >= 15 is 0 Å². The molecular weight excluding hydrogens is 446 g/mol. The number of hydrogen-bond donors (Lipinski definition) is 1. The second kappa shape index (κ2) is 9.44. The third kappa shape index (κ3) is 4.82. The van der Waals surface area contributed by atoms with Gasteiger partial charge in [-0.2, -0.15) is 4.31 Å². The molecule has 0 radical (unpaired) electrons. The monoisotopic (exact) mass is 477 g/mol. The van der Waals surface area contributed by atoms with Crippen molar-refractivity contribution in [2.24, 2.45) is 5.92 Å². The van der Waals surface area contributed by atoms with Crippen molar-refractivity contribution < 1.29 is 13.2 Å². The number of nitrogens with one attached hydrogen (secondary N) is 1. The van der Waals surface area contributed by atoms with E-state index < -0.39 is 10.0 Å². The molecule has 2 fully saturated rings. The number of piperidine rings is 1. The van der Waals surface area contributed by atoms with Gasteiger partial charge in [0.15, 0.2) is 0 Å². The second-order valence-electron chi connectivity index (χ2n) is 8.61. The Hall–Kier alpha value is -2.04. The van der Waals surface area contributed by atoms with E-state index in [1.807, 2.05) is 13.8 Å². The first kappa shape index (κ1) is 23.1. The van der Waals surface area contributed by atoms with Crippen LogP contribution in [0.1, 0.15) is 67.7 Å². The molecule has 1 saturated heterocycles. The SMILES string of the molecule is CCN(CC)S(=O)(=O)c1ccc(N2CCC(C)CC2)c(C(=O)Nc2nnc(C3CC3)s2)c1. The minimum Gasteiger partial charge on any atom is -0.371 e. The molecule has 1 N–H and O–H groups in total. The fraction of sp³-hybridized carbons (Fsp3) is 0.591. The third-order valence-corrected chi connectivity index (χ3v) is 9.31. The van der Waals surface area contributed by atoms with Crippen LogP contribution in [-0.2, 0) is 10.0 Å². The first-order valence-corrected chi connectivity index (χ1v) is 13.6. The maximum atomic E-state index is 13.3. The molecule has 1 saturated carbocycles. The van der Waals surface area contributed by atoms with Crippen molar-refractivity contribution in [1.82, 2.24) is 14.5 Å². The van der Waals surface area contributed by atoms with Crippen LogP contribution in [-0.4, -0.2) is 55.0 Å². The molecule has 0 unspecified atom stereocenters. The van der Waals surface area contributed by atoms with Gasteiger partial charge in [0.2, 0.25) is 15.2 Å². The van der Waals surface area contributed by atoms with Crippen LogP contribution in [0.15, 0.2) is 23.1 Å². The fourth-order valence-corrected chi connectivity index (χ4v) is 6.43. The first-order chi connectivity index (χ1) is 15.3. The Morgan fingerprint density at radius 1 is 1.16 bits per heavy atom. The summed E-state index contributed by atoms with van der Waals surface area (Å²) in [5, 5.41) is 12.6. The Morgan fingerprint density at radius 3 is 2.47 bits per heavy atom. The van der Waals surface area contributed by atoms with Crippen LogP contribution in [0.2, 0.25) is 0 Å². The van der Waals surface area contributed by atoms with Crippen LogP contribution >= 0.6 is 11.3 Å². The average Bonchev–Trinajstić information content (AvgIpc) is 3.53. The molecule has 8 nitrogen and oxygen atoms in total. The van der Waals surface area contributed by atoms with Crippen molar-refractivity contribution in [3.63, 3.8) is 0 Å². The van der Waals surface area contributed by atoms with Gasteiger partial charge in [-0.05, 0) is 49.8 Å². The van der Waals surface area contributed by atoms with E-state index in [1.165, 1.54) is 21.7 Å². The van der Waals surface area contributed by atoms with Crippen LogP contribution in [0.5, 0.6) is 0 Å². The quantitative estimate of drug-likeness (QED) is 0.619. The van der Waals surface area contributed by atoms with Gasteiger partial charge in [0.1, 0.15) is 5.01 Å². The summed E-state index contributed by atoms with van der Waals surface area (Å²) in [5.41, 5.74) is 1.12. The molecule has 32 heavy (non-hydrogen) atoms. The molecule has 0 bridgehead atoms. The van der Waals surface area contributed by atoms with Gasteiger partial charge in [-0.15, -0.1) is 10.2 Å². The average molecular weight is 478 g/mol. The molecule has 1 aliphatic carbocycles. The molecule has 0 atom stereocenters. The topological polar surface area (TPSA) is 95.5 Å². The van der Waals surface area contributed by atoms with Crippen molar-refractivity contribution >= 4 is 38.1 Å². The van der Waals surface area contributed by atoms with Crippen molar-refractivity contribution in [3.05, 3.63) is 28.8 Å². The normalized spacial score (nSPS) is 17.7. The van der Waals surface area contributed by atoms with Crippen LogP contribution in [0, 0.1) is 5.92 Å². The summed E-state index contributed by atoms with van der Waals surface area (Å²) in [4.78, 5) is 15.6. The predicted octanol–water partition coefficient (Wildman–Crippen LogP) is 3.93. The minimum atomic E-state index is -3.68. The van der Waals surface area contributed by atoms with Gasteiger partial charge in [0.25, 0.3) is 5.91 Å². The number of anilines is 2. The fourth-order valence-electron chi connectivity index (χ4n) is 4.04. The highest BCUT2D eigenvalue weighted by Gasteiger charge is 2.29. The largest absolute Gasteiger partial charge is 0.371 e. The molecule has 1 aliphatic heterocycles. The number of aromatic nitrogens is 2. The van der Waals surface area contributed by atoms with Gasteiger partial charge < -0.3 is 4.90 Å². The van der Waals surface area contributed by atoms with Crippen LogP contribution in [0.3, 0.4) is 0 Å². The number of carbonyl (C=O) groups excluding carboxylic acids is 1. The highest BCUT2D eigenvalue weighted by molar-refractivity contribution is 7.89. The van der Waals surface area contributed by atoms with Gasteiger partial charge in [0, 0.05) is 37.8 Å². The van der Waals surface area contributed by atoms with Gasteiger partial charge in [-0.1, -0.05) is 32.1 Å². The smallest absolute Gasteiger partial charge is 0.259 e. The number of rotatable bonds is 8. The predicted molar refractivity (Wildman–Crippen MR) is 127 cm³/mol. The summed E-state index contributed by atoms with van der Waals surface area (Å²) in [5.74, 6) is 0.758. The standard InChI is InChI=1S/C22H31N5O3S2/c1-4-27(5-2)32(29,30)17-8-9-19(26-12-10-15(3)11-13-26)18(14-17)20(28)23-22-25-24-21(31-22)16-6-7-16/h8-9,14-16H,4-7,10-13H2,1-3H3,(H,23,25,28). The number of nitrogens with zero attached hydrogens (tertiary/aromatic N) is 4. The lowest BCUT2D eigenvalue weighted by molar-refractivity contribution is 0.102. The Morgan fingerprint density at radius 2 is 1.84 bits per heavy atom. The van der Waals surface area contributed by atoms with E-state index in [9.17, 15) is 13.2 Å². The van der Waals surface area contributed by atoms with Crippen LogP contribution in [0.25, 0.3) is 0 Å². The van der Waals surface area contributed by atoms with Crippen molar-refractivity contribution in [2.45, 2.75) is 57.3 Å². The van der Waals surface area contributed by atoms with E-state index in [-0.39, 0.29) is 10.8 Å².